The lowest BCUT2D eigenvalue weighted by Gasteiger charge is -2.27. The molecule has 1 unspecified atom stereocenters. The third-order valence-corrected chi connectivity index (χ3v) is 4.81. The highest BCUT2D eigenvalue weighted by Crippen LogP contribution is 2.34. The molecule has 1 heterocycles. The van der Waals surface area contributed by atoms with Crippen LogP contribution in [0.15, 0.2) is 41.4 Å². The first-order valence-electron chi connectivity index (χ1n) is 8.35. The van der Waals surface area contributed by atoms with Gasteiger partial charge in [0, 0.05) is 6.54 Å². The molecule has 1 aliphatic heterocycles. The molecule has 7 heteroatoms. The zero-order chi connectivity index (χ0) is 18.9. The molecule has 2 aromatic rings. The van der Waals surface area contributed by atoms with Crippen molar-refractivity contribution < 1.29 is 13.2 Å². The average Bonchev–Trinajstić information content (AvgIpc) is 2.61. The molecule has 0 aliphatic carbocycles. The summed E-state index contributed by atoms with van der Waals surface area (Å²) in [5.41, 5.74) is 8.39. The van der Waals surface area contributed by atoms with Gasteiger partial charge < -0.3 is 11.1 Å². The number of hydrogen-bond donors (Lipinski definition) is 2. The summed E-state index contributed by atoms with van der Waals surface area (Å²) in [7, 11) is 0. The molecular weight excluding hydrogens is 363 g/mol. The molecule has 0 amide bonds. The Morgan fingerprint density at radius 2 is 2.04 bits per heavy atom. The van der Waals surface area contributed by atoms with Crippen molar-refractivity contribution in [3.8, 4) is 0 Å². The van der Waals surface area contributed by atoms with Crippen molar-refractivity contribution in [2.45, 2.75) is 32.0 Å². The number of benzene rings is 2. The van der Waals surface area contributed by atoms with Crippen LogP contribution in [0.1, 0.15) is 35.2 Å². The Balaban J connectivity index is 2.01. The predicted octanol–water partition coefficient (Wildman–Crippen LogP) is 4.80. The predicted molar refractivity (Wildman–Crippen MR) is 98.0 cm³/mol. The van der Waals surface area contributed by atoms with Gasteiger partial charge in [-0.05, 0) is 53.8 Å². The number of aryl methyl sites for hydroxylation is 1. The van der Waals surface area contributed by atoms with Crippen LogP contribution < -0.4 is 11.1 Å². The number of nitrogens with zero attached hydrogens (tertiary/aromatic N) is 1. The number of amidine groups is 1. The molecule has 0 saturated carbocycles. The molecule has 3 N–H and O–H groups in total. The second kappa shape index (κ2) is 7.29. The summed E-state index contributed by atoms with van der Waals surface area (Å²) in [6, 6.07) is 8.68. The first kappa shape index (κ1) is 18.7. The van der Waals surface area contributed by atoms with E-state index >= 15 is 0 Å². The topological polar surface area (TPSA) is 50.4 Å². The Morgan fingerprint density at radius 3 is 2.73 bits per heavy atom. The van der Waals surface area contributed by atoms with Crippen molar-refractivity contribution in [1.82, 2.24) is 5.32 Å². The van der Waals surface area contributed by atoms with Crippen molar-refractivity contribution in [1.29, 1.82) is 0 Å². The minimum Gasteiger partial charge on any atom is -0.386 e. The molecule has 3 rings (SSSR count). The summed E-state index contributed by atoms with van der Waals surface area (Å²) in [4.78, 5) is 4.40. The Kier molecular flexibility index (Phi) is 5.25. The van der Waals surface area contributed by atoms with Gasteiger partial charge >= 0.3 is 6.18 Å². The smallest absolute Gasteiger partial charge is 0.386 e. The lowest BCUT2D eigenvalue weighted by molar-refractivity contribution is -0.137. The number of hydrogen-bond acceptors (Lipinski definition) is 2. The number of rotatable bonds is 3. The van der Waals surface area contributed by atoms with Crippen LogP contribution in [0.4, 0.5) is 18.9 Å². The number of aliphatic imine (C=N–C) groups is 1. The maximum absolute atomic E-state index is 13.1. The van der Waals surface area contributed by atoms with Gasteiger partial charge in [0.15, 0.2) is 0 Å². The molecule has 0 fully saturated rings. The zero-order valence-corrected chi connectivity index (χ0v) is 15.0. The van der Waals surface area contributed by atoms with E-state index in [0.29, 0.717) is 29.2 Å². The van der Waals surface area contributed by atoms with Crippen molar-refractivity contribution >= 4 is 23.1 Å². The van der Waals surface area contributed by atoms with E-state index in [0.717, 1.165) is 29.7 Å². The maximum Gasteiger partial charge on any atom is 0.416 e. The second-order valence-electron chi connectivity index (χ2n) is 6.22. The van der Waals surface area contributed by atoms with E-state index in [1.165, 1.54) is 6.07 Å². The van der Waals surface area contributed by atoms with Gasteiger partial charge in [0.25, 0.3) is 0 Å². The van der Waals surface area contributed by atoms with Gasteiger partial charge in [0.1, 0.15) is 5.84 Å². The minimum atomic E-state index is -4.40. The Labute approximate surface area is 155 Å². The summed E-state index contributed by atoms with van der Waals surface area (Å²) in [6.07, 6.45) is -2.94. The summed E-state index contributed by atoms with van der Waals surface area (Å²) >= 11 is 6.19. The molecule has 2 aromatic carbocycles. The molecule has 1 atom stereocenters. The van der Waals surface area contributed by atoms with Crippen LogP contribution in [0.2, 0.25) is 5.02 Å². The normalized spacial score (nSPS) is 17.9. The summed E-state index contributed by atoms with van der Waals surface area (Å²) in [5.74, 6) is 0.195. The van der Waals surface area contributed by atoms with Gasteiger partial charge in [-0.2, -0.15) is 13.2 Å². The summed E-state index contributed by atoms with van der Waals surface area (Å²) < 4.78 is 39.2. The molecule has 3 nitrogen and oxygen atoms in total. The number of alkyl halides is 3. The fraction of sp³-hybridized carbons (Fsp3) is 0.316. The molecule has 0 spiro atoms. The molecule has 0 radical (unpaired) electrons. The van der Waals surface area contributed by atoms with Crippen molar-refractivity contribution in [3.05, 3.63) is 63.7 Å². The first-order chi connectivity index (χ1) is 12.3. The second-order valence-corrected chi connectivity index (χ2v) is 6.63. The molecule has 26 heavy (non-hydrogen) atoms. The van der Waals surface area contributed by atoms with Gasteiger partial charge in [-0.1, -0.05) is 30.7 Å². The van der Waals surface area contributed by atoms with Crippen LogP contribution in [0.25, 0.3) is 0 Å². The van der Waals surface area contributed by atoms with E-state index in [4.69, 9.17) is 17.3 Å². The van der Waals surface area contributed by atoms with Gasteiger partial charge in [0.2, 0.25) is 0 Å². The molecule has 0 saturated heterocycles. The van der Waals surface area contributed by atoms with Crippen LogP contribution in [0.3, 0.4) is 0 Å². The van der Waals surface area contributed by atoms with Gasteiger partial charge in [-0.25, -0.2) is 4.99 Å². The Morgan fingerprint density at radius 1 is 1.27 bits per heavy atom. The van der Waals surface area contributed by atoms with Crippen molar-refractivity contribution in [2.24, 2.45) is 10.7 Å². The fourth-order valence-electron chi connectivity index (χ4n) is 3.06. The maximum atomic E-state index is 13.1. The molecule has 138 valence electrons. The quantitative estimate of drug-likeness (QED) is 0.593. The fourth-order valence-corrected chi connectivity index (χ4v) is 3.22. The number of nitrogens with one attached hydrogen (secondary N) is 1. The summed E-state index contributed by atoms with van der Waals surface area (Å²) in [5, 5.41) is 3.61. The molecule has 1 aliphatic rings. The largest absolute Gasteiger partial charge is 0.416 e. The van der Waals surface area contributed by atoms with Gasteiger partial charge in [0.05, 0.1) is 22.3 Å². The lowest BCUT2D eigenvalue weighted by atomic mass is 9.91. The van der Waals surface area contributed by atoms with E-state index in [1.54, 1.807) is 6.07 Å². The van der Waals surface area contributed by atoms with E-state index in [1.807, 2.05) is 19.1 Å². The monoisotopic (exact) mass is 381 g/mol. The highest BCUT2D eigenvalue weighted by Gasteiger charge is 2.33. The Hall–Kier alpha value is -2.05. The van der Waals surface area contributed by atoms with Crippen LogP contribution in [0, 0.1) is 0 Å². The number of nitrogens with two attached hydrogens (primary N) is 1. The SMILES string of the molecule is CCc1ccc(Cl)c(N=C(N)C2NCCc3ccc(C(F)(F)F)cc32)c1. The van der Waals surface area contributed by atoms with E-state index in [-0.39, 0.29) is 5.84 Å². The van der Waals surface area contributed by atoms with E-state index in [2.05, 4.69) is 10.3 Å². The number of fused-ring (bicyclic) bond motifs is 1. The van der Waals surface area contributed by atoms with E-state index < -0.39 is 17.8 Å². The third kappa shape index (κ3) is 3.86. The first-order valence-corrected chi connectivity index (χ1v) is 8.73. The Bertz CT molecular complexity index is 846. The van der Waals surface area contributed by atoms with E-state index in [9.17, 15) is 13.2 Å². The third-order valence-electron chi connectivity index (χ3n) is 4.49. The summed E-state index contributed by atoms with van der Waals surface area (Å²) in [6.45, 7) is 2.62. The lowest BCUT2D eigenvalue weighted by Crippen LogP contribution is -2.39. The molecule has 0 bridgehead atoms. The minimum absolute atomic E-state index is 0.195. The standard InChI is InChI=1S/C19H19ClF3N3/c1-2-11-3-6-15(20)16(9-11)26-18(24)17-14-10-13(19(21,22)23)5-4-12(14)7-8-25-17/h3-6,9-10,17,25H,2,7-8H2,1H3,(H2,24,26). The number of halogens is 4. The van der Waals surface area contributed by atoms with Gasteiger partial charge in [-0.3, -0.25) is 0 Å². The van der Waals surface area contributed by atoms with Crippen molar-refractivity contribution in [3.63, 3.8) is 0 Å². The molecule has 0 aromatic heterocycles. The van der Waals surface area contributed by atoms with Crippen LogP contribution in [0.5, 0.6) is 0 Å². The highest BCUT2D eigenvalue weighted by atomic mass is 35.5. The highest BCUT2D eigenvalue weighted by molar-refractivity contribution is 6.33. The average molecular weight is 382 g/mol. The van der Waals surface area contributed by atoms with Crippen LogP contribution >= 0.6 is 11.6 Å². The van der Waals surface area contributed by atoms with Crippen LogP contribution in [-0.2, 0) is 19.0 Å². The van der Waals surface area contributed by atoms with Crippen LogP contribution in [-0.4, -0.2) is 12.4 Å². The zero-order valence-electron chi connectivity index (χ0n) is 14.2. The molecular formula is C19H19ClF3N3. The van der Waals surface area contributed by atoms with Gasteiger partial charge in [-0.15, -0.1) is 0 Å². The van der Waals surface area contributed by atoms with Crippen molar-refractivity contribution in [2.75, 3.05) is 6.54 Å².